The molecule has 1 heterocycles. The number of rotatable bonds is 7. The van der Waals surface area contributed by atoms with Crippen molar-refractivity contribution in [3.05, 3.63) is 139 Å². The molecule has 6 nitrogen and oxygen atoms in total. The molecule has 47 heavy (non-hydrogen) atoms. The molecule has 0 unspecified atom stereocenters. The highest BCUT2D eigenvalue weighted by atomic mass is 32.2. The highest BCUT2D eigenvalue weighted by molar-refractivity contribution is 7.91. The normalized spacial score (nSPS) is 11.6. The molecule has 0 saturated heterocycles. The molecule has 0 aliphatic carbocycles. The fourth-order valence-corrected chi connectivity index (χ4v) is 6.15. The minimum Gasteiger partial charge on any atom is -0.354 e. The second kappa shape index (κ2) is 13.8. The topological polar surface area (TPSA) is 94.3 Å². The highest BCUT2D eigenvalue weighted by Gasteiger charge is 2.25. The molecule has 0 aliphatic rings. The van der Waals surface area contributed by atoms with Crippen LogP contribution in [0.2, 0.25) is 0 Å². The molecular weight excluding hydrogens is 648 g/mol. The minimum absolute atomic E-state index is 0.113. The summed E-state index contributed by atoms with van der Waals surface area (Å²) >= 11 is 0. The second-order valence-electron chi connectivity index (χ2n) is 10.6. The van der Waals surface area contributed by atoms with E-state index in [4.69, 9.17) is 4.52 Å². The second-order valence-corrected chi connectivity index (χ2v) is 14.6. The van der Waals surface area contributed by atoms with Gasteiger partial charge in [-0.3, -0.25) is 0 Å². The first kappa shape index (κ1) is 33.4. The van der Waals surface area contributed by atoms with Gasteiger partial charge in [-0.2, -0.15) is 0 Å². The predicted molar refractivity (Wildman–Crippen MR) is 176 cm³/mol. The van der Waals surface area contributed by atoms with E-state index in [1.54, 1.807) is 66.7 Å². The van der Waals surface area contributed by atoms with Crippen LogP contribution in [-0.2, 0) is 19.7 Å². The summed E-state index contributed by atoms with van der Waals surface area (Å²) < 4.78 is 90.8. The van der Waals surface area contributed by atoms with E-state index in [-0.39, 0.29) is 22.0 Å². The lowest BCUT2D eigenvalue weighted by Crippen LogP contribution is -1.96. The fourth-order valence-electron chi connectivity index (χ4n) is 4.89. The summed E-state index contributed by atoms with van der Waals surface area (Å²) in [5, 5.41) is 3.78. The van der Waals surface area contributed by atoms with Crippen molar-refractivity contribution in [2.75, 3.05) is 12.5 Å². The van der Waals surface area contributed by atoms with Crippen molar-refractivity contribution in [2.24, 2.45) is 0 Å². The molecule has 240 valence electrons. The van der Waals surface area contributed by atoms with E-state index in [0.29, 0.717) is 16.0 Å². The molecule has 0 saturated carbocycles. The Bertz CT molecular complexity index is 2200. The Morgan fingerprint density at radius 3 is 1.43 bits per heavy atom. The maximum absolute atomic E-state index is 13.3. The molecule has 11 heteroatoms. The third kappa shape index (κ3) is 7.87. The monoisotopic (exact) mass is 675 g/mol. The van der Waals surface area contributed by atoms with Crippen LogP contribution in [0.15, 0.2) is 142 Å². The molecule has 1 aromatic heterocycles. The molecule has 0 atom stereocenters. The van der Waals surface area contributed by atoms with E-state index >= 15 is 0 Å². The maximum Gasteiger partial charge on any atom is 0.298 e. The van der Waals surface area contributed by atoms with Crippen LogP contribution in [0.25, 0.3) is 44.6 Å². The van der Waals surface area contributed by atoms with Crippen LogP contribution in [0.3, 0.4) is 0 Å². The van der Waals surface area contributed by atoms with E-state index in [9.17, 15) is 30.0 Å². The molecule has 0 aliphatic heterocycles. The van der Waals surface area contributed by atoms with Crippen LogP contribution < -0.4 is 0 Å². The zero-order valence-corrected chi connectivity index (χ0v) is 26.8. The smallest absolute Gasteiger partial charge is 0.298 e. The lowest BCUT2D eigenvalue weighted by molar-refractivity contribution is 0.113. The number of nitrogens with zero attached hydrogens (tertiary/aromatic N) is 1. The first-order valence-electron chi connectivity index (χ1n) is 14.1. The van der Waals surface area contributed by atoms with Crippen LogP contribution in [0.1, 0.15) is 12.2 Å². The number of hydrogen-bond acceptors (Lipinski definition) is 6. The third-order valence-electron chi connectivity index (χ3n) is 7.21. The Labute approximate surface area is 271 Å². The van der Waals surface area contributed by atoms with Crippen molar-refractivity contribution in [2.45, 2.75) is 16.2 Å². The fraction of sp³-hybridized carbons (Fsp3) is 0.0833. The zero-order valence-electron chi connectivity index (χ0n) is 25.1. The van der Waals surface area contributed by atoms with Crippen molar-refractivity contribution in [3.8, 4) is 44.6 Å². The number of aromatic nitrogens is 1. The number of sulfone groups is 2. The lowest BCUT2D eigenvalue weighted by atomic mass is 9.95. The molecule has 5 aromatic carbocycles. The maximum atomic E-state index is 13.3. The Balaban J connectivity index is 0.000000185. The van der Waals surface area contributed by atoms with Gasteiger partial charge in [0.15, 0.2) is 19.7 Å². The summed E-state index contributed by atoms with van der Waals surface area (Å²) in [6.45, 7) is 0. The van der Waals surface area contributed by atoms with Gasteiger partial charge in [-0.05, 0) is 64.2 Å². The first-order chi connectivity index (χ1) is 22.3. The van der Waals surface area contributed by atoms with Gasteiger partial charge < -0.3 is 4.52 Å². The average Bonchev–Trinajstić information content (AvgIpc) is 3.51. The van der Waals surface area contributed by atoms with Crippen molar-refractivity contribution >= 4 is 19.7 Å². The van der Waals surface area contributed by atoms with Gasteiger partial charge in [-0.25, -0.2) is 30.0 Å². The van der Waals surface area contributed by atoms with Gasteiger partial charge in [0.25, 0.3) is 6.43 Å². The van der Waals surface area contributed by atoms with E-state index in [0.717, 1.165) is 28.5 Å². The van der Waals surface area contributed by atoms with Crippen LogP contribution in [0.5, 0.6) is 0 Å². The van der Waals surface area contributed by atoms with E-state index in [1.807, 2.05) is 24.3 Å². The average molecular weight is 676 g/mol. The zero-order chi connectivity index (χ0) is 33.8. The van der Waals surface area contributed by atoms with E-state index in [2.05, 4.69) is 5.16 Å². The Kier molecular flexibility index (Phi) is 9.78. The molecule has 0 N–H and O–H groups in total. The van der Waals surface area contributed by atoms with Gasteiger partial charge in [-0.15, -0.1) is 0 Å². The highest BCUT2D eigenvalue weighted by Crippen LogP contribution is 2.39. The van der Waals surface area contributed by atoms with Crippen molar-refractivity contribution in [1.29, 1.82) is 0 Å². The van der Waals surface area contributed by atoms with Crippen LogP contribution >= 0.6 is 0 Å². The largest absolute Gasteiger partial charge is 0.354 e. The molecule has 0 radical (unpaired) electrons. The molecule has 0 fully saturated rings. The van der Waals surface area contributed by atoms with E-state index < -0.39 is 31.9 Å². The number of halogens is 3. The lowest BCUT2D eigenvalue weighted by Gasteiger charge is -2.10. The molecule has 6 aromatic rings. The summed E-state index contributed by atoms with van der Waals surface area (Å²) in [6.07, 6.45) is -0.560. The number of alkyl halides is 2. The number of benzene rings is 5. The van der Waals surface area contributed by atoms with Crippen LogP contribution in [-0.4, -0.2) is 34.5 Å². The Morgan fingerprint density at radius 1 is 0.553 bits per heavy atom. The van der Waals surface area contributed by atoms with Gasteiger partial charge in [0.1, 0.15) is 11.5 Å². The predicted octanol–water partition coefficient (Wildman–Crippen LogP) is 8.91. The van der Waals surface area contributed by atoms with Gasteiger partial charge in [-0.1, -0.05) is 96.2 Å². The Morgan fingerprint density at radius 2 is 0.979 bits per heavy atom. The van der Waals surface area contributed by atoms with Gasteiger partial charge in [0.05, 0.1) is 15.4 Å². The van der Waals surface area contributed by atoms with Gasteiger partial charge >= 0.3 is 0 Å². The minimum atomic E-state index is -3.36. The number of hydrogen-bond donors (Lipinski definition) is 0. The van der Waals surface area contributed by atoms with Crippen LogP contribution in [0, 0.1) is 5.82 Å². The van der Waals surface area contributed by atoms with Gasteiger partial charge in [0, 0.05) is 18.1 Å². The first-order valence-corrected chi connectivity index (χ1v) is 17.9. The summed E-state index contributed by atoms with van der Waals surface area (Å²) in [7, 11) is -6.57. The quantitative estimate of drug-likeness (QED) is 0.168. The standard InChI is InChI=1S/C19H15FO2S.C17H13F2NO3S/c1-23(21,22)17-12-8-15(9-13-17)19-5-3-2-4-18(19)14-6-10-16(20)11-7-14;1-24(21,22)13-9-7-11(8-10-13)14-15(12-5-3-2-4-6-12)20-23-16(14)17(18)19/h2-13H,1H3;2-10,17H,1H3. The molecule has 0 amide bonds. The SMILES string of the molecule is CS(=O)(=O)c1ccc(-c2c(-c3ccccc3)noc2C(F)F)cc1.CS(=O)(=O)c1ccc(-c2ccccc2-c2ccc(F)cc2)cc1. The molecule has 0 spiro atoms. The molecular formula is C36H28F3NO5S2. The summed E-state index contributed by atoms with van der Waals surface area (Å²) in [4.78, 5) is 0.406. The van der Waals surface area contributed by atoms with Crippen LogP contribution in [0.4, 0.5) is 13.2 Å². The van der Waals surface area contributed by atoms with Crippen molar-refractivity contribution in [1.82, 2.24) is 5.16 Å². The van der Waals surface area contributed by atoms with Gasteiger partial charge in [0.2, 0.25) is 5.76 Å². The summed E-state index contributed by atoms with van der Waals surface area (Å²) in [6, 6.07) is 35.4. The van der Waals surface area contributed by atoms with E-state index in [1.165, 1.54) is 42.7 Å². The van der Waals surface area contributed by atoms with Crippen molar-refractivity contribution < 1.29 is 34.5 Å². The molecule has 0 bridgehead atoms. The third-order valence-corrected chi connectivity index (χ3v) is 9.47. The molecule has 6 rings (SSSR count). The Hall–Kier alpha value is -5.00. The summed E-state index contributed by atoms with van der Waals surface area (Å²) in [5.41, 5.74) is 5.27. The van der Waals surface area contributed by atoms with Crippen molar-refractivity contribution in [3.63, 3.8) is 0 Å². The summed E-state index contributed by atoms with van der Waals surface area (Å²) in [5.74, 6) is -0.815.